The first-order valence-electron chi connectivity index (χ1n) is 8.44. The van der Waals surface area contributed by atoms with Crippen molar-refractivity contribution in [1.29, 1.82) is 0 Å². The summed E-state index contributed by atoms with van der Waals surface area (Å²) in [5.74, 6) is 4.42. The van der Waals surface area contributed by atoms with E-state index in [1.165, 1.54) is 0 Å². The van der Waals surface area contributed by atoms with Crippen molar-refractivity contribution in [3.05, 3.63) is 52.8 Å². The number of methoxy groups -OCH3 is 1. The fraction of sp³-hybridized carbons (Fsp3) is 0.300. The molecule has 0 saturated carbocycles. The van der Waals surface area contributed by atoms with Crippen molar-refractivity contribution in [3.63, 3.8) is 0 Å². The third-order valence-electron chi connectivity index (χ3n) is 3.72. The summed E-state index contributed by atoms with van der Waals surface area (Å²) in [7, 11) is 3.33. The van der Waals surface area contributed by atoms with Gasteiger partial charge in [0.05, 0.1) is 7.11 Å². The first-order chi connectivity index (χ1) is 13.2. The summed E-state index contributed by atoms with van der Waals surface area (Å²) in [6.45, 7) is 1.50. The van der Waals surface area contributed by atoms with Gasteiger partial charge in [0.1, 0.15) is 11.8 Å². The van der Waals surface area contributed by atoms with Gasteiger partial charge >= 0.3 is 0 Å². The van der Waals surface area contributed by atoms with Gasteiger partial charge in [0.15, 0.2) is 17.5 Å². The smallest absolute Gasteiger partial charge is 0.191 e. The highest BCUT2D eigenvalue weighted by molar-refractivity contribution is 6.29. The minimum atomic E-state index is 0.190. The SMILES string of the molecule is C#CCOc1cc(CNC(=NC)NCCc2ccc(Cl)nc2)ccc1OC. The molecule has 0 aliphatic rings. The number of hydrogen-bond donors (Lipinski definition) is 2. The molecule has 1 aromatic heterocycles. The molecule has 0 spiro atoms. The van der Waals surface area contributed by atoms with E-state index in [0.717, 1.165) is 24.1 Å². The fourth-order valence-corrected chi connectivity index (χ4v) is 2.46. The highest BCUT2D eigenvalue weighted by atomic mass is 35.5. The van der Waals surface area contributed by atoms with E-state index in [0.29, 0.717) is 29.2 Å². The Morgan fingerprint density at radius 3 is 2.70 bits per heavy atom. The van der Waals surface area contributed by atoms with Gasteiger partial charge in [-0.2, -0.15) is 0 Å². The van der Waals surface area contributed by atoms with E-state index < -0.39 is 0 Å². The molecule has 0 aliphatic carbocycles. The zero-order valence-electron chi connectivity index (χ0n) is 15.5. The normalized spacial score (nSPS) is 10.8. The summed E-state index contributed by atoms with van der Waals surface area (Å²) in [5.41, 5.74) is 2.13. The molecule has 7 heteroatoms. The number of halogens is 1. The number of guanidine groups is 1. The maximum atomic E-state index is 5.79. The fourth-order valence-electron chi connectivity index (χ4n) is 2.35. The van der Waals surface area contributed by atoms with Crippen molar-refractivity contribution >= 4 is 17.6 Å². The predicted octanol–water partition coefficient (Wildman–Crippen LogP) is 2.66. The molecule has 0 bridgehead atoms. The lowest BCUT2D eigenvalue weighted by molar-refractivity contribution is 0.330. The minimum Gasteiger partial charge on any atom is -0.493 e. The van der Waals surface area contributed by atoms with Crippen molar-refractivity contribution < 1.29 is 9.47 Å². The molecule has 0 aliphatic heterocycles. The second-order valence-electron chi connectivity index (χ2n) is 5.57. The average molecular weight is 387 g/mol. The molecule has 6 nitrogen and oxygen atoms in total. The van der Waals surface area contributed by atoms with Gasteiger partial charge < -0.3 is 20.1 Å². The molecular weight excluding hydrogens is 364 g/mol. The van der Waals surface area contributed by atoms with Crippen molar-refractivity contribution in [3.8, 4) is 23.8 Å². The number of ether oxygens (including phenoxy) is 2. The molecule has 0 atom stereocenters. The van der Waals surface area contributed by atoms with E-state index >= 15 is 0 Å². The van der Waals surface area contributed by atoms with E-state index in [1.54, 1.807) is 26.4 Å². The maximum absolute atomic E-state index is 5.79. The summed E-state index contributed by atoms with van der Waals surface area (Å²) in [4.78, 5) is 8.30. The Bertz CT molecular complexity index is 801. The highest BCUT2D eigenvalue weighted by Crippen LogP contribution is 2.27. The van der Waals surface area contributed by atoms with Crippen molar-refractivity contribution in [2.75, 3.05) is 27.3 Å². The van der Waals surface area contributed by atoms with E-state index in [1.807, 2.05) is 24.3 Å². The zero-order chi connectivity index (χ0) is 19.5. The number of aromatic nitrogens is 1. The van der Waals surface area contributed by atoms with E-state index in [9.17, 15) is 0 Å². The van der Waals surface area contributed by atoms with Crippen LogP contribution in [0, 0.1) is 12.3 Å². The Labute approximate surface area is 165 Å². The molecule has 0 saturated heterocycles. The first-order valence-corrected chi connectivity index (χ1v) is 8.82. The van der Waals surface area contributed by atoms with Crippen molar-refractivity contribution in [2.45, 2.75) is 13.0 Å². The number of pyridine rings is 1. The standard InChI is InChI=1S/C20H23ClN4O2/c1-4-11-27-18-12-16(5-7-17(18)26-3)14-25-20(22-2)23-10-9-15-6-8-19(21)24-13-15/h1,5-8,12-13H,9-11,14H2,2-3H3,(H2,22,23,25). The van der Waals surface area contributed by atoms with Gasteiger partial charge in [0.2, 0.25) is 0 Å². The molecule has 0 fully saturated rings. The molecule has 2 N–H and O–H groups in total. The number of nitrogens with zero attached hydrogens (tertiary/aromatic N) is 2. The third-order valence-corrected chi connectivity index (χ3v) is 3.94. The van der Waals surface area contributed by atoms with Crippen molar-refractivity contribution in [2.24, 2.45) is 4.99 Å². The van der Waals surface area contributed by atoms with Gasteiger partial charge in [-0.1, -0.05) is 29.7 Å². The molecule has 1 heterocycles. The molecule has 2 aromatic rings. The van der Waals surface area contributed by atoms with Crippen LogP contribution in [0.1, 0.15) is 11.1 Å². The van der Waals surface area contributed by atoms with Gasteiger partial charge in [-0.05, 0) is 35.7 Å². The number of hydrogen-bond acceptors (Lipinski definition) is 4. The van der Waals surface area contributed by atoms with Crippen LogP contribution in [0.3, 0.4) is 0 Å². The Morgan fingerprint density at radius 1 is 1.22 bits per heavy atom. The maximum Gasteiger partial charge on any atom is 0.191 e. The lowest BCUT2D eigenvalue weighted by Gasteiger charge is -2.14. The number of rotatable bonds is 8. The summed E-state index contributed by atoms with van der Waals surface area (Å²) in [6.07, 6.45) is 7.85. The lowest BCUT2D eigenvalue weighted by atomic mass is 10.2. The predicted molar refractivity (Wildman–Crippen MR) is 108 cm³/mol. The van der Waals surface area contributed by atoms with Crippen LogP contribution in [0.4, 0.5) is 0 Å². The topological polar surface area (TPSA) is 67.8 Å². The molecule has 142 valence electrons. The second kappa shape index (κ2) is 10.9. The Balaban J connectivity index is 1.86. The minimum absolute atomic E-state index is 0.190. The van der Waals surface area contributed by atoms with E-state index in [2.05, 4.69) is 26.5 Å². The number of terminal acetylenes is 1. The van der Waals surface area contributed by atoms with Crippen LogP contribution in [0.5, 0.6) is 11.5 Å². The monoisotopic (exact) mass is 386 g/mol. The van der Waals surface area contributed by atoms with Crippen LogP contribution >= 0.6 is 11.6 Å². The Morgan fingerprint density at radius 2 is 2.04 bits per heavy atom. The molecule has 1 aromatic carbocycles. The summed E-state index contributed by atoms with van der Waals surface area (Å²) in [5, 5.41) is 7.03. The molecule has 0 unspecified atom stereocenters. The average Bonchev–Trinajstić information content (AvgIpc) is 2.70. The lowest BCUT2D eigenvalue weighted by Crippen LogP contribution is -2.37. The molecule has 2 rings (SSSR count). The van der Waals surface area contributed by atoms with Crippen LogP contribution in [-0.2, 0) is 13.0 Å². The second-order valence-corrected chi connectivity index (χ2v) is 5.96. The van der Waals surface area contributed by atoms with E-state index in [-0.39, 0.29) is 6.61 Å². The highest BCUT2D eigenvalue weighted by Gasteiger charge is 2.06. The van der Waals surface area contributed by atoms with Crippen LogP contribution in [0.15, 0.2) is 41.5 Å². The van der Waals surface area contributed by atoms with Gasteiger partial charge in [-0.3, -0.25) is 4.99 Å². The largest absolute Gasteiger partial charge is 0.493 e. The molecular formula is C20H23ClN4O2. The van der Waals surface area contributed by atoms with Crippen LogP contribution in [-0.4, -0.2) is 38.3 Å². The number of benzene rings is 1. The van der Waals surface area contributed by atoms with Gasteiger partial charge in [-0.15, -0.1) is 6.42 Å². The molecule has 0 amide bonds. The quantitative estimate of drug-likeness (QED) is 0.316. The first kappa shape index (κ1) is 20.4. The van der Waals surface area contributed by atoms with Crippen molar-refractivity contribution in [1.82, 2.24) is 15.6 Å². The van der Waals surface area contributed by atoms with Gasteiger partial charge in [-0.25, -0.2) is 4.98 Å². The van der Waals surface area contributed by atoms with Gasteiger partial charge in [0.25, 0.3) is 0 Å². The summed E-state index contributed by atoms with van der Waals surface area (Å²) >= 11 is 5.79. The molecule has 0 radical (unpaired) electrons. The summed E-state index contributed by atoms with van der Waals surface area (Å²) < 4.78 is 10.8. The zero-order valence-corrected chi connectivity index (χ0v) is 16.2. The Kier molecular flexibility index (Phi) is 8.27. The Hall–Kier alpha value is -2.91. The number of aliphatic imine (C=N–C) groups is 1. The third kappa shape index (κ3) is 6.72. The summed E-state index contributed by atoms with van der Waals surface area (Å²) in [6, 6.07) is 9.46. The molecule has 27 heavy (non-hydrogen) atoms. The van der Waals surface area contributed by atoms with Crippen LogP contribution in [0.2, 0.25) is 5.15 Å². The van der Waals surface area contributed by atoms with Crippen LogP contribution in [0.25, 0.3) is 0 Å². The van der Waals surface area contributed by atoms with Crippen LogP contribution < -0.4 is 20.1 Å². The van der Waals surface area contributed by atoms with E-state index in [4.69, 9.17) is 27.5 Å². The number of nitrogens with one attached hydrogen (secondary N) is 2. The van der Waals surface area contributed by atoms with Gasteiger partial charge in [0, 0.05) is 26.3 Å².